The Bertz CT molecular complexity index is 885. The monoisotopic (exact) mass is 363 g/mol. The van der Waals surface area contributed by atoms with E-state index in [1.54, 1.807) is 27.1 Å². The smallest absolute Gasteiger partial charge is 0.193 e. The Labute approximate surface area is 148 Å². The third-order valence-corrected chi connectivity index (χ3v) is 7.30. The summed E-state index contributed by atoms with van der Waals surface area (Å²) in [5.74, 6) is 0.912. The van der Waals surface area contributed by atoms with Crippen LogP contribution in [0.1, 0.15) is 19.4 Å². The number of hydrogen-bond acceptors (Lipinski definition) is 4. The predicted molar refractivity (Wildman–Crippen MR) is 101 cm³/mol. The fourth-order valence-electron chi connectivity index (χ4n) is 3.19. The molecule has 1 aliphatic heterocycles. The average Bonchev–Trinajstić information content (AvgIpc) is 2.98. The minimum atomic E-state index is -3.05. The Balaban J connectivity index is 1.62. The van der Waals surface area contributed by atoms with E-state index < -0.39 is 14.6 Å². The molecule has 2 aromatic rings. The van der Waals surface area contributed by atoms with Crippen molar-refractivity contribution >= 4 is 26.8 Å². The lowest BCUT2D eigenvalue weighted by molar-refractivity contribution is 0.353. The van der Waals surface area contributed by atoms with Crippen molar-refractivity contribution in [3.63, 3.8) is 0 Å². The molecule has 0 unspecified atom stereocenters. The highest BCUT2D eigenvalue weighted by Crippen LogP contribution is 2.23. The van der Waals surface area contributed by atoms with E-state index in [9.17, 15) is 8.42 Å². The zero-order valence-corrected chi connectivity index (χ0v) is 15.7. The number of aromatic amines is 1. The van der Waals surface area contributed by atoms with Crippen molar-refractivity contribution in [3.05, 3.63) is 30.1 Å². The van der Waals surface area contributed by atoms with Crippen LogP contribution in [0.15, 0.2) is 29.5 Å². The summed E-state index contributed by atoms with van der Waals surface area (Å²) >= 11 is 0. The number of sulfone groups is 1. The molecule has 1 saturated heterocycles. The lowest BCUT2D eigenvalue weighted by atomic mass is 10.1. The Kier molecular flexibility index (Phi) is 4.73. The molecule has 8 heteroatoms. The van der Waals surface area contributed by atoms with Gasteiger partial charge in [-0.3, -0.25) is 4.99 Å². The molecule has 0 saturated carbocycles. The van der Waals surface area contributed by atoms with Crippen molar-refractivity contribution < 1.29 is 8.42 Å². The standard InChI is InChI=1S/C17H25N5O2S/c1-17(2)12-22(9-10-25(17,23)24)16(18-3)20-8-6-13-11-21-15-14(13)5-4-7-19-15/h4-5,7,11H,6,8-10,12H2,1-3H3,(H,18,20)(H,19,21). The molecule has 0 aliphatic carbocycles. The van der Waals surface area contributed by atoms with Gasteiger partial charge in [0.1, 0.15) is 5.65 Å². The van der Waals surface area contributed by atoms with Gasteiger partial charge >= 0.3 is 0 Å². The normalized spacial score (nSPS) is 20.0. The number of guanidine groups is 1. The largest absolute Gasteiger partial charge is 0.356 e. The number of nitrogens with zero attached hydrogens (tertiary/aromatic N) is 3. The highest BCUT2D eigenvalue weighted by molar-refractivity contribution is 7.92. The van der Waals surface area contributed by atoms with Gasteiger partial charge in [-0.1, -0.05) is 0 Å². The summed E-state index contributed by atoms with van der Waals surface area (Å²) in [6.45, 7) is 5.20. The zero-order chi connectivity index (χ0) is 18.1. The number of hydrogen-bond donors (Lipinski definition) is 2. The van der Waals surface area contributed by atoms with Crippen LogP contribution in [0.5, 0.6) is 0 Å². The fourth-order valence-corrected chi connectivity index (χ4v) is 4.55. The van der Waals surface area contributed by atoms with E-state index in [0.717, 1.165) is 30.0 Å². The minimum absolute atomic E-state index is 0.162. The van der Waals surface area contributed by atoms with Gasteiger partial charge in [0.2, 0.25) is 0 Å². The number of rotatable bonds is 3. The molecular weight excluding hydrogens is 338 g/mol. The van der Waals surface area contributed by atoms with Crippen LogP contribution in [-0.4, -0.2) is 66.4 Å². The molecule has 1 aliphatic rings. The number of pyridine rings is 1. The van der Waals surface area contributed by atoms with E-state index in [1.165, 1.54) is 5.56 Å². The van der Waals surface area contributed by atoms with Crippen molar-refractivity contribution in [2.24, 2.45) is 4.99 Å². The van der Waals surface area contributed by atoms with Crippen molar-refractivity contribution in [3.8, 4) is 0 Å². The van der Waals surface area contributed by atoms with Gasteiger partial charge in [0, 0.05) is 44.5 Å². The Morgan fingerprint density at radius 1 is 1.48 bits per heavy atom. The molecule has 0 amide bonds. The number of fused-ring (bicyclic) bond motifs is 1. The lowest BCUT2D eigenvalue weighted by Crippen LogP contribution is -2.57. The summed E-state index contributed by atoms with van der Waals surface area (Å²) in [6.07, 6.45) is 4.59. The molecule has 25 heavy (non-hydrogen) atoms. The SMILES string of the molecule is CN=C(NCCc1c[nH]c2ncccc12)N1CCS(=O)(=O)C(C)(C)C1. The van der Waals surface area contributed by atoms with Crippen molar-refractivity contribution in [1.82, 2.24) is 20.2 Å². The molecule has 0 radical (unpaired) electrons. The molecule has 0 spiro atoms. The van der Waals surface area contributed by atoms with E-state index in [1.807, 2.05) is 17.2 Å². The summed E-state index contributed by atoms with van der Waals surface area (Å²) in [7, 11) is -1.32. The second-order valence-corrected chi connectivity index (χ2v) is 9.68. The van der Waals surface area contributed by atoms with Gasteiger partial charge in [0.05, 0.1) is 10.5 Å². The van der Waals surface area contributed by atoms with Gasteiger partial charge in [-0.2, -0.15) is 0 Å². The van der Waals surface area contributed by atoms with Gasteiger partial charge < -0.3 is 15.2 Å². The molecule has 3 heterocycles. The van der Waals surface area contributed by atoms with Gasteiger partial charge in [-0.15, -0.1) is 0 Å². The molecule has 1 fully saturated rings. The third kappa shape index (κ3) is 3.49. The second kappa shape index (κ2) is 6.67. The van der Waals surface area contributed by atoms with Crippen LogP contribution in [0.3, 0.4) is 0 Å². The molecular formula is C17H25N5O2S. The van der Waals surface area contributed by atoms with Crippen molar-refractivity contribution in [2.75, 3.05) is 32.4 Å². The van der Waals surface area contributed by atoms with Gasteiger partial charge in [-0.05, 0) is 38.0 Å². The Hall–Kier alpha value is -2.09. The van der Waals surface area contributed by atoms with Crippen LogP contribution in [-0.2, 0) is 16.3 Å². The predicted octanol–water partition coefficient (Wildman–Crippen LogP) is 1.19. The summed E-state index contributed by atoms with van der Waals surface area (Å²) < 4.78 is 23.6. The van der Waals surface area contributed by atoms with Gasteiger partial charge in [-0.25, -0.2) is 13.4 Å². The highest BCUT2D eigenvalue weighted by Gasteiger charge is 2.40. The van der Waals surface area contributed by atoms with E-state index in [4.69, 9.17) is 0 Å². The zero-order valence-electron chi connectivity index (χ0n) is 14.9. The first-order chi connectivity index (χ1) is 11.8. The summed E-state index contributed by atoms with van der Waals surface area (Å²) in [5.41, 5.74) is 2.09. The van der Waals surface area contributed by atoms with E-state index in [2.05, 4.69) is 26.3 Å². The van der Waals surface area contributed by atoms with Crippen LogP contribution in [0.4, 0.5) is 0 Å². The minimum Gasteiger partial charge on any atom is -0.356 e. The first-order valence-corrected chi connectivity index (χ1v) is 10.1. The van der Waals surface area contributed by atoms with Crippen LogP contribution < -0.4 is 5.32 Å². The maximum Gasteiger partial charge on any atom is 0.193 e. The van der Waals surface area contributed by atoms with Gasteiger partial charge in [0.25, 0.3) is 0 Å². The number of aliphatic imine (C=N–C) groups is 1. The molecule has 7 nitrogen and oxygen atoms in total. The van der Waals surface area contributed by atoms with Gasteiger partial charge in [0.15, 0.2) is 15.8 Å². The molecule has 0 aromatic carbocycles. The highest BCUT2D eigenvalue weighted by atomic mass is 32.2. The summed E-state index contributed by atoms with van der Waals surface area (Å²) in [5, 5.41) is 4.48. The van der Waals surface area contributed by atoms with E-state index >= 15 is 0 Å². The van der Waals surface area contributed by atoms with E-state index in [-0.39, 0.29) is 5.75 Å². The second-order valence-electron chi connectivity index (χ2n) is 6.94. The summed E-state index contributed by atoms with van der Waals surface area (Å²) in [6, 6.07) is 3.99. The Morgan fingerprint density at radius 3 is 3.00 bits per heavy atom. The summed E-state index contributed by atoms with van der Waals surface area (Å²) in [4.78, 5) is 13.8. The number of aromatic nitrogens is 2. The topological polar surface area (TPSA) is 90.4 Å². The first kappa shape index (κ1) is 17.7. The number of H-pyrrole nitrogens is 1. The van der Waals surface area contributed by atoms with Crippen molar-refractivity contribution in [2.45, 2.75) is 25.0 Å². The molecule has 0 atom stereocenters. The van der Waals surface area contributed by atoms with Crippen LogP contribution >= 0.6 is 0 Å². The third-order valence-electron chi connectivity index (χ3n) is 4.77. The van der Waals surface area contributed by atoms with Crippen LogP contribution in [0, 0.1) is 0 Å². The molecule has 3 rings (SSSR count). The quantitative estimate of drug-likeness (QED) is 0.631. The average molecular weight is 363 g/mol. The van der Waals surface area contributed by atoms with Crippen LogP contribution in [0.25, 0.3) is 11.0 Å². The molecule has 136 valence electrons. The first-order valence-electron chi connectivity index (χ1n) is 8.43. The number of nitrogens with one attached hydrogen (secondary N) is 2. The molecule has 2 aromatic heterocycles. The maximum atomic E-state index is 12.2. The Morgan fingerprint density at radius 2 is 2.28 bits per heavy atom. The van der Waals surface area contributed by atoms with E-state index in [0.29, 0.717) is 13.1 Å². The fraction of sp³-hybridized carbons (Fsp3) is 0.529. The molecule has 2 N–H and O–H groups in total. The van der Waals surface area contributed by atoms with Crippen LogP contribution in [0.2, 0.25) is 0 Å². The maximum absolute atomic E-state index is 12.2. The molecule has 0 bridgehead atoms. The van der Waals surface area contributed by atoms with Crippen molar-refractivity contribution in [1.29, 1.82) is 0 Å². The lowest BCUT2D eigenvalue weighted by Gasteiger charge is -2.39.